The minimum absolute atomic E-state index is 0. The topological polar surface area (TPSA) is 105 Å². The van der Waals surface area contributed by atoms with E-state index in [1.807, 2.05) is 31.2 Å². The number of nitrogens with one attached hydrogen (secondary N) is 1. The molecule has 5 N–H and O–H groups in total. The smallest absolute Gasteiger partial charge is 0.211 e. The fourth-order valence-corrected chi connectivity index (χ4v) is 3.18. The van der Waals surface area contributed by atoms with Crippen LogP contribution in [0.4, 0.5) is 0 Å². The highest BCUT2D eigenvalue weighted by atomic mass is 35.5. The Hall–Kier alpha value is -1.76. The highest BCUT2D eigenvalue weighted by molar-refractivity contribution is 6.31. The summed E-state index contributed by atoms with van der Waals surface area (Å²) in [6, 6.07) is 7.84. The number of aryl methyl sites for hydroxylation is 1. The molecule has 1 aliphatic carbocycles. The van der Waals surface area contributed by atoms with Crippen LogP contribution in [0.2, 0.25) is 5.02 Å². The molecule has 24 heavy (non-hydrogen) atoms. The van der Waals surface area contributed by atoms with E-state index in [4.69, 9.17) is 23.1 Å². The van der Waals surface area contributed by atoms with Gasteiger partial charge in [0, 0.05) is 16.3 Å². The lowest BCUT2D eigenvalue weighted by Crippen LogP contribution is -2.23. The van der Waals surface area contributed by atoms with E-state index >= 15 is 0 Å². The molecule has 0 aliphatic heterocycles. The van der Waals surface area contributed by atoms with Crippen molar-refractivity contribution in [1.29, 1.82) is 0 Å². The quantitative estimate of drug-likeness (QED) is 0.417. The first-order valence-electron chi connectivity index (χ1n) is 7.00. The largest absolute Gasteiger partial charge is 0.369 e. The standard InChI is InChI=1S/C15H17ClN6.2ClH/c1-8-14-12(20-19-8)6-9(7-13(14)21-22-15(17)18)10-4-2-3-5-11(10)16;;/h2-5,9H,6-7H2,1H3,(H,19,20)(H4,17,18,22);2*1H/b21-13+;;. The predicted octanol–water partition coefficient (Wildman–Crippen LogP) is 2.92. The van der Waals surface area contributed by atoms with Crippen LogP contribution in [0.3, 0.4) is 0 Å². The summed E-state index contributed by atoms with van der Waals surface area (Å²) in [5.41, 5.74) is 15.6. The molecular formula is C15H19Cl3N6. The van der Waals surface area contributed by atoms with E-state index in [0.717, 1.165) is 39.7 Å². The van der Waals surface area contributed by atoms with E-state index in [1.54, 1.807) is 0 Å². The molecule has 1 aliphatic rings. The van der Waals surface area contributed by atoms with Crippen LogP contribution in [-0.4, -0.2) is 21.9 Å². The lowest BCUT2D eigenvalue weighted by atomic mass is 9.81. The van der Waals surface area contributed by atoms with Gasteiger partial charge in [0.15, 0.2) is 0 Å². The lowest BCUT2D eigenvalue weighted by Gasteiger charge is -2.23. The number of nitrogens with zero attached hydrogens (tertiary/aromatic N) is 3. The normalized spacial score (nSPS) is 17.4. The molecule has 1 unspecified atom stereocenters. The second-order valence-electron chi connectivity index (χ2n) is 5.37. The molecule has 1 heterocycles. The minimum Gasteiger partial charge on any atom is -0.369 e. The molecule has 0 saturated carbocycles. The number of benzene rings is 1. The molecule has 130 valence electrons. The van der Waals surface area contributed by atoms with Crippen molar-refractivity contribution in [1.82, 2.24) is 10.2 Å². The number of fused-ring (bicyclic) bond motifs is 1. The van der Waals surface area contributed by atoms with E-state index in [-0.39, 0.29) is 36.7 Å². The number of nitrogens with two attached hydrogens (primary N) is 2. The van der Waals surface area contributed by atoms with Gasteiger partial charge in [0.25, 0.3) is 0 Å². The molecule has 0 saturated heterocycles. The van der Waals surface area contributed by atoms with Gasteiger partial charge in [0.05, 0.1) is 11.4 Å². The van der Waals surface area contributed by atoms with Crippen LogP contribution in [0.15, 0.2) is 34.5 Å². The molecule has 0 radical (unpaired) electrons. The Bertz CT molecular complexity index is 764. The van der Waals surface area contributed by atoms with Gasteiger partial charge in [-0.15, -0.1) is 29.9 Å². The summed E-state index contributed by atoms with van der Waals surface area (Å²) < 4.78 is 0. The first-order chi connectivity index (χ1) is 10.6. The van der Waals surface area contributed by atoms with Crippen molar-refractivity contribution >= 4 is 48.1 Å². The third-order valence-corrected chi connectivity index (χ3v) is 4.17. The van der Waals surface area contributed by atoms with Crippen molar-refractivity contribution < 1.29 is 0 Å². The predicted molar refractivity (Wildman–Crippen MR) is 103 cm³/mol. The Balaban J connectivity index is 0.00000144. The van der Waals surface area contributed by atoms with Gasteiger partial charge in [-0.3, -0.25) is 5.10 Å². The highest BCUT2D eigenvalue weighted by Gasteiger charge is 2.29. The zero-order chi connectivity index (χ0) is 15.7. The summed E-state index contributed by atoms with van der Waals surface area (Å²) in [4.78, 5) is 0. The maximum Gasteiger partial charge on any atom is 0.211 e. The Morgan fingerprint density at radius 1 is 1.25 bits per heavy atom. The maximum atomic E-state index is 6.33. The average molecular weight is 390 g/mol. The summed E-state index contributed by atoms with van der Waals surface area (Å²) >= 11 is 6.33. The van der Waals surface area contributed by atoms with E-state index in [2.05, 4.69) is 20.4 Å². The van der Waals surface area contributed by atoms with Crippen molar-refractivity contribution in [2.45, 2.75) is 25.7 Å². The second-order valence-corrected chi connectivity index (χ2v) is 5.78. The summed E-state index contributed by atoms with van der Waals surface area (Å²) in [5, 5.41) is 16.2. The van der Waals surface area contributed by atoms with E-state index in [9.17, 15) is 0 Å². The third kappa shape index (κ3) is 4.01. The summed E-state index contributed by atoms with van der Waals surface area (Å²) in [5.74, 6) is 0.145. The molecular weight excluding hydrogens is 371 g/mol. The van der Waals surface area contributed by atoms with Gasteiger partial charge in [0.2, 0.25) is 5.96 Å². The number of aromatic nitrogens is 2. The van der Waals surface area contributed by atoms with Crippen LogP contribution in [0.1, 0.15) is 34.9 Å². The molecule has 6 nitrogen and oxygen atoms in total. The Kier molecular flexibility index (Phi) is 7.08. The molecule has 1 atom stereocenters. The number of guanidine groups is 1. The first kappa shape index (κ1) is 20.3. The molecule has 1 aromatic heterocycles. The van der Waals surface area contributed by atoms with Gasteiger partial charge in [-0.05, 0) is 37.3 Å². The van der Waals surface area contributed by atoms with Crippen LogP contribution >= 0.6 is 36.4 Å². The van der Waals surface area contributed by atoms with Crippen LogP contribution in [0.5, 0.6) is 0 Å². The van der Waals surface area contributed by atoms with Crippen LogP contribution in [-0.2, 0) is 6.42 Å². The first-order valence-corrected chi connectivity index (χ1v) is 7.38. The molecule has 1 aromatic carbocycles. The van der Waals surface area contributed by atoms with Crippen molar-refractivity contribution in [2.75, 3.05) is 0 Å². The van der Waals surface area contributed by atoms with Crippen molar-refractivity contribution in [2.24, 2.45) is 21.7 Å². The number of H-pyrrole nitrogens is 1. The molecule has 0 bridgehead atoms. The number of hydrogen-bond acceptors (Lipinski definition) is 3. The summed E-state index contributed by atoms with van der Waals surface area (Å²) in [7, 11) is 0. The summed E-state index contributed by atoms with van der Waals surface area (Å²) in [6.45, 7) is 1.96. The molecule has 9 heteroatoms. The summed E-state index contributed by atoms with van der Waals surface area (Å²) in [6.07, 6.45) is 1.53. The minimum atomic E-state index is -0.0601. The van der Waals surface area contributed by atoms with Crippen molar-refractivity contribution in [3.05, 3.63) is 51.8 Å². The lowest BCUT2D eigenvalue weighted by molar-refractivity contribution is 0.679. The number of rotatable bonds is 2. The average Bonchev–Trinajstić information content (AvgIpc) is 2.87. The van der Waals surface area contributed by atoms with Gasteiger partial charge >= 0.3 is 0 Å². The van der Waals surface area contributed by atoms with Crippen LogP contribution in [0.25, 0.3) is 0 Å². The van der Waals surface area contributed by atoms with Crippen molar-refractivity contribution in [3.8, 4) is 0 Å². The van der Waals surface area contributed by atoms with Gasteiger partial charge in [0.1, 0.15) is 0 Å². The van der Waals surface area contributed by atoms with Crippen LogP contribution < -0.4 is 11.5 Å². The maximum absolute atomic E-state index is 6.33. The molecule has 2 aromatic rings. The van der Waals surface area contributed by atoms with Crippen molar-refractivity contribution in [3.63, 3.8) is 0 Å². The second kappa shape index (κ2) is 8.37. The fraction of sp³-hybridized carbons (Fsp3) is 0.267. The monoisotopic (exact) mass is 388 g/mol. The number of halogens is 3. The van der Waals surface area contributed by atoms with Gasteiger partial charge in [-0.1, -0.05) is 29.8 Å². The van der Waals surface area contributed by atoms with Gasteiger partial charge in [-0.25, -0.2) is 0 Å². The third-order valence-electron chi connectivity index (χ3n) is 3.82. The Morgan fingerprint density at radius 3 is 2.62 bits per heavy atom. The number of aromatic amines is 1. The van der Waals surface area contributed by atoms with E-state index in [1.165, 1.54) is 0 Å². The molecule has 0 fully saturated rings. The Labute approximate surface area is 157 Å². The SMILES string of the molecule is Cc1[nH]nc2c1/C(=N/N=C(N)N)CC(c1ccccc1Cl)C2.Cl.Cl. The molecule has 3 rings (SSSR count). The van der Waals surface area contributed by atoms with E-state index < -0.39 is 0 Å². The van der Waals surface area contributed by atoms with Gasteiger partial charge in [-0.2, -0.15) is 10.2 Å². The van der Waals surface area contributed by atoms with Crippen LogP contribution in [0, 0.1) is 6.92 Å². The zero-order valence-corrected chi connectivity index (χ0v) is 15.4. The zero-order valence-electron chi connectivity index (χ0n) is 13.0. The Morgan fingerprint density at radius 2 is 1.96 bits per heavy atom. The highest BCUT2D eigenvalue weighted by Crippen LogP contribution is 2.36. The van der Waals surface area contributed by atoms with Gasteiger partial charge < -0.3 is 11.5 Å². The molecule has 0 spiro atoms. The van der Waals surface area contributed by atoms with E-state index in [0.29, 0.717) is 6.42 Å². The fourth-order valence-electron chi connectivity index (χ4n) is 2.89. The molecule has 0 amide bonds. The number of hydrogen-bond donors (Lipinski definition) is 3.